The van der Waals surface area contributed by atoms with Crippen LogP contribution in [0.5, 0.6) is 5.75 Å². The van der Waals surface area contributed by atoms with Gasteiger partial charge in [-0.2, -0.15) is 13.2 Å². The van der Waals surface area contributed by atoms with E-state index in [9.17, 15) is 18.0 Å². The van der Waals surface area contributed by atoms with Crippen molar-refractivity contribution in [3.63, 3.8) is 0 Å². The molecule has 0 saturated heterocycles. The number of rotatable bonds is 3. The smallest absolute Gasteiger partial charge is 0.449 e. The highest BCUT2D eigenvalue weighted by atomic mass is 19.4. The molecule has 0 saturated carbocycles. The highest BCUT2D eigenvalue weighted by molar-refractivity contribution is 5.84. The van der Waals surface area contributed by atoms with Gasteiger partial charge >= 0.3 is 12.1 Å². The second kappa shape index (κ2) is 4.45. The van der Waals surface area contributed by atoms with E-state index in [1.165, 1.54) is 25.3 Å². The Labute approximate surface area is 105 Å². The Morgan fingerprint density at radius 3 is 2.68 bits per heavy atom. The number of carboxylic acids is 1. The van der Waals surface area contributed by atoms with Crippen LogP contribution in [-0.4, -0.2) is 27.7 Å². The highest BCUT2D eigenvalue weighted by Crippen LogP contribution is 2.34. The highest BCUT2D eigenvalue weighted by Gasteiger charge is 2.38. The van der Waals surface area contributed by atoms with Crippen molar-refractivity contribution in [3.05, 3.63) is 24.0 Å². The van der Waals surface area contributed by atoms with Crippen LogP contribution in [0, 0.1) is 0 Å². The number of aromatic nitrogens is 2. The number of methoxy groups -OCH3 is 1. The monoisotopic (exact) mass is 274 g/mol. The van der Waals surface area contributed by atoms with E-state index in [1.54, 1.807) is 0 Å². The molecule has 0 fully saturated rings. The number of alkyl halides is 3. The average molecular weight is 274 g/mol. The molecule has 0 unspecified atom stereocenters. The Balaban J connectivity index is 2.76. The first kappa shape index (κ1) is 13.2. The van der Waals surface area contributed by atoms with Crippen LogP contribution in [0.1, 0.15) is 5.82 Å². The van der Waals surface area contributed by atoms with Crippen LogP contribution in [0.4, 0.5) is 13.2 Å². The number of nitrogens with zero attached hydrogens (tertiary/aromatic N) is 2. The zero-order chi connectivity index (χ0) is 14.2. The van der Waals surface area contributed by atoms with Crippen LogP contribution >= 0.6 is 0 Å². The largest absolute Gasteiger partial charge is 0.494 e. The van der Waals surface area contributed by atoms with Crippen LogP contribution in [0.15, 0.2) is 18.2 Å². The number of halogens is 3. The van der Waals surface area contributed by atoms with Crippen molar-refractivity contribution in [2.45, 2.75) is 12.7 Å². The summed E-state index contributed by atoms with van der Waals surface area (Å²) in [4.78, 5) is 14.2. The van der Waals surface area contributed by atoms with Crippen LogP contribution in [0.25, 0.3) is 11.0 Å². The molecule has 1 aromatic heterocycles. The fraction of sp³-hybridized carbons (Fsp3) is 0.273. The maximum Gasteiger partial charge on any atom is 0.449 e. The Hall–Kier alpha value is -2.25. The van der Waals surface area contributed by atoms with Gasteiger partial charge in [0, 0.05) is 0 Å². The number of para-hydroxylation sites is 1. The van der Waals surface area contributed by atoms with Crippen molar-refractivity contribution in [2.75, 3.05) is 7.11 Å². The number of carbonyl (C=O) groups is 1. The van der Waals surface area contributed by atoms with E-state index in [-0.39, 0.29) is 16.8 Å². The number of ether oxygens (including phenoxy) is 1. The predicted molar refractivity (Wildman–Crippen MR) is 58.9 cm³/mol. The number of imidazole rings is 1. The molecular weight excluding hydrogens is 265 g/mol. The first-order chi connectivity index (χ1) is 8.84. The third-order valence-electron chi connectivity index (χ3n) is 2.51. The first-order valence-corrected chi connectivity index (χ1v) is 5.17. The molecule has 0 atom stereocenters. The number of carboxylic acid groups (broad SMARTS) is 1. The Bertz CT molecular complexity index is 634. The molecule has 0 spiro atoms. The molecule has 102 valence electrons. The van der Waals surface area contributed by atoms with E-state index in [0.717, 1.165) is 0 Å². The third-order valence-corrected chi connectivity index (χ3v) is 2.51. The van der Waals surface area contributed by atoms with Gasteiger partial charge < -0.3 is 14.4 Å². The summed E-state index contributed by atoms with van der Waals surface area (Å²) in [7, 11) is 1.30. The van der Waals surface area contributed by atoms with Crippen LogP contribution in [0.2, 0.25) is 0 Å². The van der Waals surface area contributed by atoms with E-state index in [4.69, 9.17) is 9.84 Å². The molecule has 1 heterocycles. The summed E-state index contributed by atoms with van der Waals surface area (Å²) >= 11 is 0. The molecule has 0 radical (unpaired) electrons. The number of benzene rings is 1. The summed E-state index contributed by atoms with van der Waals surface area (Å²) < 4.78 is 44.1. The molecule has 0 aliphatic rings. The van der Waals surface area contributed by atoms with E-state index in [1.807, 2.05) is 0 Å². The van der Waals surface area contributed by atoms with Crippen molar-refractivity contribution in [2.24, 2.45) is 0 Å². The molecule has 0 bridgehead atoms. The SMILES string of the molecule is COc1cccc2c1nc(C(F)(F)F)n2CC(=O)O. The van der Waals surface area contributed by atoms with E-state index in [0.29, 0.717) is 4.57 Å². The van der Waals surface area contributed by atoms with Crippen molar-refractivity contribution in [3.8, 4) is 5.75 Å². The second-order valence-electron chi connectivity index (χ2n) is 3.74. The molecule has 0 aliphatic carbocycles. The summed E-state index contributed by atoms with van der Waals surface area (Å²) in [6.07, 6.45) is -4.74. The maximum atomic E-state index is 12.9. The minimum absolute atomic E-state index is 0.0152. The van der Waals surface area contributed by atoms with E-state index < -0.39 is 24.5 Å². The standard InChI is InChI=1S/C11H9F3N2O3/c1-19-7-4-2-3-6-9(7)15-10(11(12,13)14)16(6)5-8(17)18/h2-4H,5H2,1H3,(H,17,18). The normalized spacial score (nSPS) is 11.8. The molecule has 0 aliphatic heterocycles. The average Bonchev–Trinajstić information content (AvgIpc) is 2.67. The zero-order valence-electron chi connectivity index (χ0n) is 9.73. The van der Waals surface area contributed by atoms with Crippen molar-refractivity contribution >= 4 is 17.0 Å². The minimum atomic E-state index is -4.74. The summed E-state index contributed by atoms with van der Waals surface area (Å²) in [6, 6.07) is 4.30. The lowest BCUT2D eigenvalue weighted by Crippen LogP contribution is -2.18. The number of aliphatic carboxylic acids is 1. The van der Waals surface area contributed by atoms with Gasteiger partial charge in [0.05, 0.1) is 12.6 Å². The molecule has 2 aromatic rings. The van der Waals surface area contributed by atoms with Gasteiger partial charge in [-0.05, 0) is 12.1 Å². The fourth-order valence-corrected chi connectivity index (χ4v) is 1.80. The third kappa shape index (κ3) is 2.33. The lowest BCUT2D eigenvalue weighted by atomic mass is 10.3. The van der Waals surface area contributed by atoms with Gasteiger partial charge in [-0.1, -0.05) is 6.07 Å². The van der Waals surface area contributed by atoms with Crippen LogP contribution in [0.3, 0.4) is 0 Å². The predicted octanol–water partition coefficient (Wildman–Crippen LogP) is 2.15. The molecule has 19 heavy (non-hydrogen) atoms. The van der Waals surface area contributed by atoms with Gasteiger partial charge in [-0.15, -0.1) is 0 Å². The zero-order valence-corrected chi connectivity index (χ0v) is 9.73. The van der Waals surface area contributed by atoms with Crippen LogP contribution < -0.4 is 4.74 Å². The molecule has 1 N–H and O–H groups in total. The van der Waals surface area contributed by atoms with Crippen LogP contribution in [-0.2, 0) is 17.5 Å². The number of fused-ring (bicyclic) bond motifs is 1. The quantitative estimate of drug-likeness (QED) is 0.931. The van der Waals surface area contributed by atoms with Crippen molar-refractivity contribution in [1.29, 1.82) is 0 Å². The lowest BCUT2D eigenvalue weighted by molar-refractivity contribution is -0.148. The summed E-state index contributed by atoms with van der Waals surface area (Å²) in [5, 5.41) is 8.71. The Morgan fingerprint density at radius 1 is 1.47 bits per heavy atom. The molecule has 8 heteroatoms. The number of hydrogen-bond donors (Lipinski definition) is 1. The van der Waals surface area contributed by atoms with Gasteiger partial charge in [0.25, 0.3) is 0 Å². The topological polar surface area (TPSA) is 64.4 Å². The second-order valence-corrected chi connectivity index (χ2v) is 3.74. The maximum absolute atomic E-state index is 12.9. The van der Waals surface area contributed by atoms with Crippen molar-refractivity contribution < 1.29 is 27.8 Å². The van der Waals surface area contributed by atoms with E-state index in [2.05, 4.69) is 4.98 Å². The van der Waals surface area contributed by atoms with Gasteiger partial charge in [0.1, 0.15) is 17.8 Å². The summed E-state index contributed by atoms with van der Waals surface area (Å²) in [6.45, 7) is -0.821. The summed E-state index contributed by atoms with van der Waals surface area (Å²) in [5.41, 5.74) is 0.0488. The van der Waals surface area contributed by atoms with Gasteiger partial charge in [0.2, 0.25) is 5.82 Å². The molecular formula is C11H9F3N2O3. The molecule has 1 aromatic carbocycles. The fourth-order valence-electron chi connectivity index (χ4n) is 1.80. The van der Waals surface area contributed by atoms with Gasteiger partial charge in [0.15, 0.2) is 0 Å². The Kier molecular flexibility index (Phi) is 3.09. The first-order valence-electron chi connectivity index (χ1n) is 5.17. The summed E-state index contributed by atoms with van der Waals surface area (Å²) in [5.74, 6) is -2.48. The minimum Gasteiger partial charge on any atom is -0.494 e. The number of hydrogen-bond acceptors (Lipinski definition) is 3. The molecule has 5 nitrogen and oxygen atoms in total. The van der Waals surface area contributed by atoms with Gasteiger partial charge in [-0.25, -0.2) is 4.98 Å². The lowest BCUT2D eigenvalue weighted by Gasteiger charge is -2.08. The molecule has 0 amide bonds. The van der Waals surface area contributed by atoms with Crippen molar-refractivity contribution in [1.82, 2.24) is 9.55 Å². The van der Waals surface area contributed by atoms with Gasteiger partial charge in [-0.3, -0.25) is 4.79 Å². The Morgan fingerprint density at radius 2 is 2.16 bits per heavy atom. The van der Waals surface area contributed by atoms with E-state index >= 15 is 0 Å². The molecule has 2 rings (SSSR count).